The number of nitrogens with one attached hydrogen (secondary N) is 1. The molecule has 1 atom stereocenters. The van der Waals surface area contributed by atoms with Crippen molar-refractivity contribution < 1.29 is 18.7 Å². The summed E-state index contributed by atoms with van der Waals surface area (Å²) in [7, 11) is 1.61. The molecule has 0 fully saturated rings. The Morgan fingerprint density at radius 3 is 2.37 bits per heavy atom. The molecule has 144 valence electrons. The minimum absolute atomic E-state index is 0.209. The van der Waals surface area contributed by atoms with E-state index in [-0.39, 0.29) is 24.2 Å². The zero-order valence-corrected chi connectivity index (χ0v) is 15.7. The summed E-state index contributed by atoms with van der Waals surface area (Å²) in [5, 5.41) is 2.87. The molecule has 2 rings (SSSR count). The summed E-state index contributed by atoms with van der Waals surface area (Å²) in [6.07, 6.45) is 0.682. The largest absolute Gasteiger partial charge is 0.385 e. The molecule has 0 aromatic heterocycles. The van der Waals surface area contributed by atoms with Gasteiger partial charge in [0.2, 0.25) is 11.8 Å². The smallest absolute Gasteiger partial charge is 0.247 e. The van der Waals surface area contributed by atoms with Crippen LogP contribution < -0.4 is 5.32 Å². The van der Waals surface area contributed by atoms with Crippen LogP contribution in [0.2, 0.25) is 0 Å². The van der Waals surface area contributed by atoms with Crippen molar-refractivity contribution in [2.75, 3.05) is 20.3 Å². The van der Waals surface area contributed by atoms with Gasteiger partial charge >= 0.3 is 0 Å². The van der Waals surface area contributed by atoms with Crippen molar-refractivity contribution in [3.8, 4) is 0 Å². The van der Waals surface area contributed by atoms with Gasteiger partial charge in [-0.05, 0) is 29.7 Å². The second kappa shape index (κ2) is 10.4. The summed E-state index contributed by atoms with van der Waals surface area (Å²) in [6.45, 7) is 2.64. The van der Waals surface area contributed by atoms with Crippen LogP contribution >= 0.6 is 0 Å². The fraction of sp³-hybridized carbons (Fsp3) is 0.333. The minimum Gasteiger partial charge on any atom is -0.385 e. The molecule has 2 aromatic carbocycles. The van der Waals surface area contributed by atoms with Gasteiger partial charge in [0.25, 0.3) is 0 Å². The number of carbonyl (C=O) groups excluding carboxylic acids is 2. The Bertz CT molecular complexity index is 735. The number of ether oxygens (including phenoxy) is 1. The summed E-state index contributed by atoms with van der Waals surface area (Å²) in [5.74, 6) is -0.835. The Morgan fingerprint density at radius 2 is 1.78 bits per heavy atom. The number of hydrogen-bond acceptors (Lipinski definition) is 3. The van der Waals surface area contributed by atoms with E-state index in [1.807, 2.05) is 30.3 Å². The first-order chi connectivity index (χ1) is 13.0. The van der Waals surface area contributed by atoms with Crippen LogP contribution in [0.25, 0.3) is 0 Å². The Hall–Kier alpha value is -2.73. The molecule has 0 aliphatic heterocycles. The summed E-state index contributed by atoms with van der Waals surface area (Å²) < 4.78 is 18.2. The van der Waals surface area contributed by atoms with E-state index in [2.05, 4.69) is 5.32 Å². The van der Waals surface area contributed by atoms with E-state index in [1.54, 1.807) is 19.2 Å². The molecule has 0 aliphatic rings. The number of methoxy groups -OCH3 is 1. The lowest BCUT2D eigenvalue weighted by atomic mass is 10.0. The van der Waals surface area contributed by atoms with Gasteiger partial charge in [0.15, 0.2) is 0 Å². The van der Waals surface area contributed by atoms with Crippen molar-refractivity contribution in [3.63, 3.8) is 0 Å². The van der Waals surface area contributed by atoms with Gasteiger partial charge < -0.3 is 15.0 Å². The van der Waals surface area contributed by atoms with Gasteiger partial charge in [-0.15, -0.1) is 0 Å². The summed E-state index contributed by atoms with van der Waals surface area (Å²) >= 11 is 0. The maximum atomic E-state index is 13.2. The predicted molar refractivity (Wildman–Crippen MR) is 101 cm³/mol. The van der Waals surface area contributed by atoms with Gasteiger partial charge in [0.05, 0.1) is 0 Å². The number of benzene rings is 2. The SMILES string of the molecule is COCCCNC(=O)[C@@H](c1ccccc1)N(Cc1ccc(F)cc1)C(C)=O. The van der Waals surface area contributed by atoms with Crippen molar-refractivity contribution in [2.24, 2.45) is 0 Å². The number of halogens is 1. The number of nitrogens with zero attached hydrogens (tertiary/aromatic N) is 1. The zero-order valence-electron chi connectivity index (χ0n) is 15.7. The predicted octanol–water partition coefficient (Wildman–Crippen LogP) is 3.07. The average molecular weight is 372 g/mol. The van der Waals surface area contributed by atoms with Crippen molar-refractivity contribution in [2.45, 2.75) is 25.9 Å². The van der Waals surface area contributed by atoms with Gasteiger partial charge in [-0.3, -0.25) is 9.59 Å². The van der Waals surface area contributed by atoms with Crippen LogP contribution in [0.3, 0.4) is 0 Å². The van der Waals surface area contributed by atoms with E-state index in [1.165, 1.54) is 24.0 Å². The van der Waals surface area contributed by atoms with E-state index >= 15 is 0 Å². The first-order valence-electron chi connectivity index (χ1n) is 8.86. The molecule has 0 heterocycles. The number of carbonyl (C=O) groups is 2. The molecule has 27 heavy (non-hydrogen) atoms. The molecule has 5 nitrogen and oxygen atoms in total. The van der Waals surface area contributed by atoms with Crippen LogP contribution in [0.15, 0.2) is 54.6 Å². The van der Waals surface area contributed by atoms with Crippen LogP contribution in [0.1, 0.15) is 30.5 Å². The summed E-state index contributed by atoms with van der Waals surface area (Å²) in [6, 6.07) is 14.3. The lowest BCUT2D eigenvalue weighted by molar-refractivity contribution is -0.140. The lowest BCUT2D eigenvalue weighted by Gasteiger charge is -2.30. The Labute approximate surface area is 159 Å². The quantitative estimate of drug-likeness (QED) is 0.688. The first kappa shape index (κ1) is 20.6. The molecule has 0 aliphatic carbocycles. The van der Waals surface area contributed by atoms with E-state index in [9.17, 15) is 14.0 Å². The fourth-order valence-electron chi connectivity index (χ4n) is 2.80. The Balaban J connectivity index is 2.26. The Kier molecular flexibility index (Phi) is 7.95. The molecule has 0 saturated heterocycles. The van der Waals surface area contributed by atoms with E-state index in [0.29, 0.717) is 19.6 Å². The molecular weight excluding hydrogens is 347 g/mol. The van der Waals surface area contributed by atoms with Crippen LogP contribution in [0, 0.1) is 5.82 Å². The van der Waals surface area contributed by atoms with E-state index < -0.39 is 6.04 Å². The summed E-state index contributed by atoms with van der Waals surface area (Å²) in [4.78, 5) is 26.7. The van der Waals surface area contributed by atoms with Crippen LogP contribution in [-0.4, -0.2) is 37.0 Å². The van der Waals surface area contributed by atoms with Crippen molar-refractivity contribution in [1.82, 2.24) is 10.2 Å². The maximum absolute atomic E-state index is 13.2. The van der Waals surface area contributed by atoms with Gasteiger partial charge in [0.1, 0.15) is 11.9 Å². The topological polar surface area (TPSA) is 58.6 Å². The Morgan fingerprint density at radius 1 is 1.11 bits per heavy atom. The van der Waals surface area contributed by atoms with Gasteiger partial charge in [-0.2, -0.15) is 0 Å². The van der Waals surface area contributed by atoms with Gasteiger partial charge in [-0.1, -0.05) is 42.5 Å². The average Bonchev–Trinajstić information content (AvgIpc) is 2.67. The minimum atomic E-state index is -0.767. The number of hydrogen-bond donors (Lipinski definition) is 1. The molecule has 2 amide bonds. The molecular formula is C21H25FN2O3. The fourth-order valence-corrected chi connectivity index (χ4v) is 2.80. The molecule has 6 heteroatoms. The normalized spacial score (nSPS) is 11.7. The highest BCUT2D eigenvalue weighted by Gasteiger charge is 2.29. The third-order valence-electron chi connectivity index (χ3n) is 4.17. The highest BCUT2D eigenvalue weighted by molar-refractivity contribution is 5.88. The number of rotatable bonds is 9. The summed E-state index contributed by atoms with van der Waals surface area (Å²) in [5.41, 5.74) is 1.47. The first-order valence-corrected chi connectivity index (χ1v) is 8.86. The van der Waals surface area contributed by atoms with E-state index in [0.717, 1.165) is 11.1 Å². The molecule has 0 spiro atoms. The number of amides is 2. The van der Waals surface area contributed by atoms with Crippen molar-refractivity contribution in [3.05, 3.63) is 71.5 Å². The monoisotopic (exact) mass is 372 g/mol. The third-order valence-corrected chi connectivity index (χ3v) is 4.17. The molecule has 0 radical (unpaired) electrons. The van der Waals surface area contributed by atoms with Crippen LogP contribution in [0.4, 0.5) is 4.39 Å². The van der Waals surface area contributed by atoms with Crippen LogP contribution in [0.5, 0.6) is 0 Å². The molecule has 0 bridgehead atoms. The highest BCUT2D eigenvalue weighted by Crippen LogP contribution is 2.24. The van der Waals surface area contributed by atoms with E-state index in [4.69, 9.17) is 4.74 Å². The highest BCUT2D eigenvalue weighted by atomic mass is 19.1. The van der Waals surface area contributed by atoms with Gasteiger partial charge in [0, 0.05) is 33.7 Å². The standard InChI is InChI=1S/C21H25FN2O3/c1-16(25)24(15-17-9-11-19(22)12-10-17)20(18-7-4-3-5-8-18)21(26)23-13-6-14-27-2/h3-5,7-12,20H,6,13-15H2,1-2H3,(H,23,26)/t20-/m1/s1. The van der Waals surface area contributed by atoms with Crippen molar-refractivity contribution >= 4 is 11.8 Å². The second-order valence-electron chi connectivity index (χ2n) is 6.22. The zero-order chi connectivity index (χ0) is 19.6. The second-order valence-corrected chi connectivity index (χ2v) is 6.22. The lowest BCUT2D eigenvalue weighted by Crippen LogP contribution is -2.43. The molecule has 0 unspecified atom stereocenters. The molecule has 0 saturated carbocycles. The van der Waals surface area contributed by atoms with Crippen molar-refractivity contribution in [1.29, 1.82) is 0 Å². The molecule has 1 N–H and O–H groups in total. The maximum Gasteiger partial charge on any atom is 0.247 e. The molecule has 2 aromatic rings. The van der Waals surface area contributed by atoms with Crippen LogP contribution in [-0.2, 0) is 20.9 Å². The third kappa shape index (κ3) is 6.18. The van der Waals surface area contributed by atoms with Gasteiger partial charge in [-0.25, -0.2) is 4.39 Å².